The van der Waals surface area contributed by atoms with Crippen molar-refractivity contribution in [3.63, 3.8) is 0 Å². The lowest BCUT2D eigenvalue weighted by atomic mass is 9.64. The van der Waals surface area contributed by atoms with Crippen LogP contribution in [0, 0.1) is 18.3 Å². The molecule has 1 heterocycles. The van der Waals surface area contributed by atoms with Crippen molar-refractivity contribution in [3.05, 3.63) is 65.2 Å². The van der Waals surface area contributed by atoms with E-state index in [9.17, 15) is 4.79 Å². The second kappa shape index (κ2) is 23.5. The van der Waals surface area contributed by atoms with Gasteiger partial charge in [0.25, 0.3) is 0 Å². The third-order valence-electron chi connectivity index (χ3n) is 9.58. The molecular weight excluding hydrogens is 603 g/mol. The Kier molecular flexibility index (Phi) is 21.5. The standard InChI is InChI=1S/C38H60N2O3.2ClH/c1-4-5-6-7-8-9-10-11-12-13-14-19-26-43-36-23-18-17-21-32(36)27-35(39)28-34-30-40-25-24-38(34,37(41)42-3)29-33-22-16-15-20-31(33)2;;/h15-18,20-23,34-35,40H,4-14,19,24-30,39H2,1-3H3;2*1H/t34?,35-,38+;;/m0../s1. The molecule has 1 unspecified atom stereocenters. The lowest BCUT2D eigenvalue weighted by Gasteiger charge is -2.43. The fraction of sp³-hybridized carbons (Fsp3) is 0.658. The van der Waals surface area contributed by atoms with Crippen molar-refractivity contribution >= 4 is 30.8 Å². The van der Waals surface area contributed by atoms with E-state index in [2.05, 4.69) is 61.6 Å². The van der Waals surface area contributed by atoms with E-state index in [1.807, 2.05) is 6.07 Å². The number of nitrogens with one attached hydrogen (secondary N) is 1. The van der Waals surface area contributed by atoms with E-state index >= 15 is 0 Å². The first-order valence-corrected chi connectivity index (χ1v) is 17.3. The third kappa shape index (κ3) is 13.8. The van der Waals surface area contributed by atoms with Gasteiger partial charge in [0.15, 0.2) is 0 Å². The van der Waals surface area contributed by atoms with Crippen LogP contribution in [0.2, 0.25) is 0 Å². The van der Waals surface area contributed by atoms with Gasteiger partial charge >= 0.3 is 5.97 Å². The molecule has 1 saturated heterocycles. The molecule has 3 N–H and O–H groups in total. The summed E-state index contributed by atoms with van der Waals surface area (Å²) in [4.78, 5) is 13.4. The minimum atomic E-state index is -0.575. The van der Waals surface area contributed by atoms with Crippen molar-refractivity contribution in [3.8, 4) is 5.75 Å². The Labute approximate surface area is 287 Å². The SMILES string of the molecule is CCCCCCCCCCCCCCOc1ccccc1C[C@H](N)CC1CNCC[C@]1(Cc1ccccc1C)C(=O)OC.Cl.Cl. The zero-order valence-electron chi connectivity index (χ0n) is 28.3. The van der Waals surface area contributed by atoms with Crippen molar-refractivity contribution in [1.82, 2.24) is 5.32 Å². The third-order valence-corrected chi connectivity index (χ3v) is 9.58. The van der Waals surface area contributed by atoms with E-state index < -0.39 is 5.41 Å². The number of piperidine rings is 1. The van der Waals surface area contributed by atoms with Gasteiger partial charge in [-0.25, -0.2) is 0 Å². The number of esters is 1. The predicted octanol–water partition coefficient (Wildman–Crippen LogP) is 9.19. The molecular formula is C38H62Cl2N2O3. The number of unbranched alkanes of at least 4 members (excludes halogenated alkanes) is 11. The number of carbonyl (C=O) groups is 1. The molecule has 3 rings (SSSR count). The molecule has 5 nitrogen and oxygen atoms in total. The maximum Gasteiger partial charge on any atom is 0.312 e. The van der Waals surface area contributed by atoms with Crippen molar-refractivity contribution in [2.75, 3.05) is 26.8 Å². The summed E-state index contributed by atoms with van der Waals surface area (Å²) in [6.07, 6.45) is 19.0. The number of ether oxygens (including phenoxy) is 2. The van der Waals surface area contributed by atoms with Crippen LogP contribution >= 0.6 is 24.8 Å². The van der Waals surface area contributed by atoms with Gasteiger partial charge in [0.05, 0.1) is 19.1 Å². The molecule has 1 fully saturated rings. The fourth-order valence-electron chi connectivity index (χ4n) is 6.89. The summed E-state index contributed by atoms with van der Waals surface area (Å²) in [6.45, 7) is 6.73. The molecule has 0 bridgehead atoms. The lowest BCUT2D eigenvalue weighted by molar-refractivity contribution is -0.158. The molecule has 256 valence electrons. The quantitative estimate of drug-likeness (QED) is 0.103. The highest BCUT2D eigenvalue weighted by atomic mass is 35.5. The molecule has 2 aromatic carbocycles. The molecule has 3 atom stereocenters. The monoisotopic (exact) mass is 664 g/mol. The number of para-hydroxylation sites is 1. The van der Waals surface area contributed by atoms with Gasteiger partial charge in [0.1, 0.15) is 5.75 Å². The van der Waals surface area contributed by atoms with Crippen LogP contribution in [0.4, 0.5) is 0 Å². The maximum atomic E-state index is 13.4. The summed E-state index contributed by atoms with van der Waals surface area (Å²) >= 11 is 0. The lowest BCUT2D eigenvalue weighted by Crippen LogP contribution is -2.53. The molecule has 0 aliphatic carbocycles. The summed E-state index contributed by atoms with van der Waals surface area (Å²) in [5, 5.41) is 3.53. The Morgan fingerprint density at radius 2 is 1.47 bits per heavy atom. The molecule has 0 saturated carbocycles. The van der Waals surface area contributed by atoms with Crippen LogP contribution in [0.1, 0.15) is 114 Å². The van der Waals surface area contributed by atoms with E-state index in [4.69, 9.17) is 15.2 Å². The van der Waals surface area contributed by atoms with E-state index in [1.54, 1.807) is 0 Å². The van der Waals surface area contributed by atoms with Crippen LogP contribution in [0.3, 0.4) is 0 Å². The average Bonchev–Trinajstić information content (AvgIpc) is 3.02. The van der Waals surface area contributed by atoms with E-state index in [0.717, 1.165) is 56.7 Å². The number of benzene rings is 2. The van der Waals surface area contributed by atoms with Gasteiger partial charge in [0.2, 0.25) is 0 Å². The highest BCUT2D eigenvalue weighted by Gasteiger charge is 2.48. The number of rotatable bonds is 21. The van der Waals surface area contributed by atoms with Gasteiger partial charge in [-0.05, 0) is 80.8 Å². The number of nitrogens with two attached hydrogens (primary N) is 1. The number of hydrogen-bond donors (Lipinski definition) is 2. The van der Waals surface area contributed by atoms with E-state index in [-0.39, 0.29) is 42.7 Å². The molecule has 0 amide bonds. The molecule has 1 aliphatic rings. The van der Waals surface area contributed by atoms with Gasteiger partial charge in [-0.15, -0.1) is 24.8 Å². The molecule has 1 aliphatic heterocycles. The zero-order chi connectivity index (χ0) is 30.8. The van der Waals surface area contributed by atoms with E-state index in [0.29, 0.717) is 6.42 Å². The van der Waals surface area contributed by atoms with Gasteiger partial charge in [-0.1, -0.05) is 120 Å². The highest BCUT2D eigenvalue weighted by molar-refractivity contribution is 5.85. The Morgan fingerprint density at radius 3 is 2.09 bits per heavy atom. The minimum Gasteiger partial charge on any atom is -0.493 e. The smallest absolute Gasteiger partial charge is 0.312 e. The summed E-state index contributed by atoms with van der Waals surface area (Å²) in [6, 6.07) is 16.6. The number of carbonyl (C=O) groups excluding carboxylic acids is 1. The summed E-state index contributed by atoms with van der Waals surface area (Å²) in [5.74, 6) is 0.931. The van der Waals surface area contributed by atoms with Crippen LogP contribution in [0.25, 0.3) is 0 Å². The Hall–Kier alpha value is -1.79. The van der Waals surface area contributed by atoms with Crippen LogP contribution in [0.15, 0.2) is 48.5 Å². The number of aryl methyl sites for hydroxylation is 1. The second-order valence-electron chi connectivity index (χ2n) is 12.9. The highest BCUT2D eigenvalue weighted by Crippen LogP contribution is 2.42. The van der Waals surface area contributed by atoms with E-state index in [1.165, 1.54) is 88.9 Å². The van der Waals surface area contributed by atoms with Crippen LogP contribution in [0.5, 0.6) is 5.75 Å². The zero-order valence-corrected chi connectivity index (χ0v) is 30.0. The maximum absolute atomic E-state index is 13.4. The molecule has 0 radical (unpaired) electrons. The molecule has 45 heavy (non-hydrogen) atoms. The van der Waals surface area contributed by atoms with Gasteiger partial charge < -0.3 is 20.5 Å². The Morgan fingerprint density at radius 1 is 0.889 bits per heavy atom. The number of methoxy groups -OCH3 is 1. The molecule has 0 aromatic heterocycles. The first-order chi connectivity index (χ1) is 21.0. The van der Waals surface area contributed by atoms with Crippen LogP contribution in [-0.2, 0) is 22.4 Å². The van der Waals surface area contributed by atoms with Gasteiger partial charge in [0, 0.05) is 6.04 Å². The summed E-state index contributed by atoms with van der Waals surface area (Å²) in [5.41, 5.74) is 9.84. The molecule has 0 spiro atoms. The minimum absolute atomic E-state index is 0. The largest absolute Gasteiger partial charge is 0.493 e. The normalized spacial score (nSPS) is 18.4. The Bertz CT molecular complexity index is 1070. The fourth-order valence-corrected chi connectivity index (χ4v) is 6.89. The van der Waals surface area contributed by atoms with Crippen molar-refractivity contribution in [1.29, 1.82) is 0 Å². The average molecular weight is 666 g/mol. The van der Waals surface area contributed by atoms with Crippen LogP contribution in [-0.4, -0.2) is 38.8 Å². The van der Waals surface area contributed by atoms with Crippen LogP contribution < -0.4 is 15.8 Å². The topological polar surface area (TPSA) is 73.6 Å². The van der Waals surface area contributed by atoms with Crippen molar-refractivity contribution < 1.29 is 14.3 Å². The number of halogens is 2. The first kappa shape index (κ1) is 41.2. The van der Waals surface area contributed by atoms with Gasteiger partial charge in [-0.3, -0.25) is 4.79 Å². The predicted molar refractivity (Wildman–Crippen MR) is 194 cm³/mol. The van der Waals surface area contributed by atoms with Gasteiger partial charge in [-0.2, -0.15) is 0 Å². The summed E-state index contributed by atoms with van der Waals surface area (Å²) in [7, 11) is 1.52. The molecule has 2 aromatic rings. The summed E-state index contributed by atoms with van der Waals surface area (Å²) < 4.78 is 11.7. The molecule has 7 heteroatoms. The van der Waals surface area contributed by atoms with Crippen molar-refractivity contribution in [2.24, 2.45) is 17.1 Å². The second-order valence-corrected chi connectivity index (χ2v) is 12.9. The number of hydrogen-bond acceptors (Lipinski definition) is 5. The first-order valence-electron chi connectivity index (χ1n) is 17.3. The Balaban J connectivity index is 0.00000506. The van der Waals surface area contributed by atoms with Crippen molar-refractivity contribution in [2.45, 2.75) is 123 Å².